The third kappa shape index (κ3) is 6.61. The molecule has 8 heteroatoms. The van der Waals surface area contributed by atoms with Crippen molar-refractivity contribution in [2.75, 3.05) is 12.3 Å². The first kappa shape index (κ1) is 21.4. The molecule has 1 aromatic heterocycles. The number of hydrogen-bond donors (Lipinski definition) is 1. The number of ether oxygens (including phenoxy) is 1. The summed E-state index contributed by atoms with van der Waals surface area (Å²) < 4.78 is 8.77. The summed E-state index contributed by atoms with van der Waals surface area (Å²) in [4.78, 5) is 12.1. The molecular formula is C21H23BrN4O2S. The van der Waals surface area contributed by atoms with E-state index >= 15 is 0 Å². The van der Waals surface area contributed by atoms with Gasteiger partial charge in [0.25, 0.3) is 0 Å². The molecule has 0 aliphatic heterocycles. The van der Waals surface area contributed by atoms with Gasteiger partial charge in [-0.15, -0.1) is 10.2 Å². The second kappa shape index (κ2) is 11.0. The molecule has 0 radical (unpaired) electrons. The molecule has 0 saturated heterocycles. The lowest BCUT2D eigenvalue weighted by molar-refractivity contribution is -0.118. The van der Waals surface area contributed by atoms with Gasteiger partial charge in [-0.2, -0.15) is 0 Å². The van der Waals surface area contributed by atoms with Crippen LogP contribution in [-0.2, 0) is 24.4 Å². The Hall–Kier alpha value is -2.32. The van der Waals surface area contributed by atoms with Gasteiger partial charge in [0.15, 0.2) is 11.0 Å². The highest BCUT2D eigenvalue weighted by atomic mass is 79.9. The van der Waals surface area contributed by atoms with Crippen molar-refractivity contribution < 1.29 is 9.53 Å². The molecule has 0 bridgehead atoms. The van der Waals surface area contributed by atoms with E-state index in [1.807, 2.05) is 54.0 Å². The maximum atomic E-state index is 12.1. The standard InChI is InChI=1S/C21H23BrN4O2S/c1-2-26-19(14-28-18-10-8-17(22)9-11-18)24-25-21(26)29-15-20(27)23-13-12-16-6-4-3-5-7-16/h3-11H,2,12-15H2,1H3,(H,23,27). The number of hydrogen-bond acceptors (Lipinski definition) is 5. The number of carbonyl (C=O) groups excluding carboxylic acids is 1. The predicted octanol–water partition coefficient (Wildman–Crippen LogP) is 4.09. The molecule has 152 valence electrons. The Morgan fingerprint density at radius 3 is 2.62 bits per heavy atom. The van der Waals surface area contributed by atoms with E-state index in [1.54, 1.807) is 0 Å². The highest BCUT2D eigenvalue weighted by molar-refractivity contribution is 9.10. The molecule has 29 heavy (non-hydrogen) atoms. The zero-order valence-corrected chi connectivity index (χ0v) is 18.6. The molecule has 0 atom stereocenters. The minimum atomic E-state index is -0.00996. The van der Waals surface area contributed by atoms with Crippen LogP contribution in [0, 0.1) is 0 Å². The van der Waals surface area contributed by atoms with Gasteiger partial charge in [0.1, 0.15) is 12.4 Å². The number of carbonyl (C=O) groups is 1. The Morgan fingerprint density at radius 2 is 1.90 bits per heavy atom. The molecule has 1 amide bonds. The van der Waals surface area contributed by atoms with Crippen LogP contribution in [0.5, 0.6) is 5.75 Å². The van der Waals surface area contributed by atoms with Gasteiger partial charge < -0.3 is 14.6 Å². The van der Waals surface area contributed by atoms with Crippen molar-refractivity contribution >= 4 is 33.6 Å². The molecule has 0 aliphatic carbocycles. The Balaban J connectivity index is 1.46. The number of nitrogens with zero attached hydrogens (tertiary/aromatic N) is 3. The van der Waals surface area contributed by atoms with Gasteiger partial charge in [0, 0.05) is 17.6 Å². The largest absolute Gasteiger partial charge is 0.486 e. The van der Waals surface area contributed by atoms with Crippen molar-refractivity contribution in [2.24, 2.45) is 0 Å². The van der Waals surface area contributed by atoms with E-state index in [9.17, 15) is 4.79 Å². The summed E-state index contributed by atoms with van der Waals surface area (Å²) in [5, 5.41) is 12.1. The van der Waals surface area contributed by atoms with Crippen LogP contribution < -0.4 is 10.1 Å². The SMILES string of the molecule is CCn1c(COc2ccc(Br)cc2)nnc1SCC(=O)NCCc1ccccc1. The first-order valence-electron chi connectivity index (χ1n) is 9.39. The first-order chi connectivity index (χ1) is 14.2. The quantitative estimate of drug-likeness (QED) is 0.448. The molecule has 0 unspecified atom stereocenters. The van der Waals surface area contributed by atoms with Crippen LogP contribution >= 0.6 is 27.7 Å². The van der Waals surface area contributed by atoms with Crippen LogP contribution in [0.2, 0.25) is 0 Å². The number of nitrogens with one attached hydrogen (secondary N) is 1. The van der Waals surface area contributed by atoms with Crippen LogP contribution in [-0.4, -0.2) is 33.0 Å². The summed E-state index contributed by atoms with van der Waals surface area (Å²) in [6, 6.07) is 17.8. The monoisotopic (exact) mass is 474 g/mol. The van der Waals surface area contributed by atoms with Crippen molar-refractivity contribution in [2.45, 2.75) is 31.7 Å². The maximum Gasteiger partial charge on any atom is 0.230 e. The van der Waals surface area contributed by atoms with Crippen molar-refractivity contribution in [3.8, 4) is 5.75 Å². The summed E-state index contributed by atoms with van der Waals surface area (Å²) in [6.45, 7) is 3.68. The van der Waals surface area contributed by atoms with E-state index in [0.717, 1.165) is 27.6 Å². The lowest BCUT2D eigenvalue weighted by Crippen LogP contribution is -2.27. The number of aromatic nitrogens is 3. The third-order valence-corrected chi connectivity index (χ3v) is 5.70. The second-order valence-corrected chi connectivity index (χ2v) is 8.12. The van der Waals surface area contributed by atoms with Crippen molar-refractivity contribution in [1.29, 1.82) is 0 Å². The maximum absolute atomic E-state index is 12.1. The van der Waals surface area contributed by atoms with Crippen molar-refractivity contribution in [3.05, 3.63) is 70.5 Å². The fraction of sp³-hybridized carbons (Fsp3) is 0.286. The van der Waals surface area contributed by atoms with E-state index < -0.39 is 0 Å². The zero-order valence-electron chi connectivity index (χ0n) is 16.2. The number of benzene rings is 2. The van der Waals surface area contributed by atoms with Crippen LogP contribution in [0.3, 0.4) is 0 Å². The minimum Gasteiger partial charge on any atom is -0.486 e. The number of amides is 1. The molecule has 1 heterocycles. The molecular weight excluding hydrogens is 452 g/mol. The number of halogens is 1. The minimum absolute atomic E-state index is 0.00996. The van der Waals surface area contributed by atoms with Crippen molar-refractivity contribution in [1.82, 2.24) is 20.1 Å². The Labute approximate surface area is 183 Å². The molecule has 2 aromatic carbocycles. The average Bonchev–Trinajstić information content (AvgIpc) is 3.14. The summed E-state index contributed by atoms with van der Waals surface area (Å²) in [5.74, 6) is 1.80. The predicted molar refractivity (Wildman–Crippen MR) is 118 cm³/mol. The van der Waals surface area contributed by atoms with E-state index in [0.29, 0.717) is 25.4 Å². The van der Waals surface area contributed by atoms with Gasteiger partial charge in [0.2, 0.25) is 5.91 Å². The number of rotatable bonds is 10. The van der Waals surface area contributed by atoms with E-state index in [-0.39, 0.29) is 5.91 Å². The molecule has 3 aromatic rings. The van der Waals surface area contributed by atoms with Gasteiger partial charge in [-0.25, -0.2) is 0 Å². The topological polar surface area (TPSA) is 69.0 Å². The summed E-state index contributed by atoms with van der Waals surface area (Å²) in [6.07, 6.45) is 0.819. The van der Waals surface area contributed by atoms with E-state index in [4.69, 9.17) is 4.74 Å². The molecule has 1 N–H and O–H groups in total. The fourth-order valence-corrected chi connectivity index (χ4v) is 3.82. The van der Waals surface area contributed by atoms with Crippen LogP contribution in [0.1, 0.15) is 18.3 Å². The normalized spacial score (nSPS) is 10.7. The van der Waals surface area contributed by atoms with Crippen LogP contribution in [0.25, 0.3) is 0 Å². The van der Waals surface area contributed by atoms with Gasteiger partial charge >= 0.3 is 0 Å². The Bertz CT molecular complexity index is 916. The van der Waals surface area contributed by atoms with Gasteiger partial charge in [-0.3, -0.25) is 4.79 Å². The Kier molecular flexibility index (Phi) is 8.13. The Morgan fingerprint density at radius 1 is 1.14 bits per heavy atom. The molecule has 0 saturated carbocycles. The van der Waals surface area contributed by atoms with Crippen LogP contribution in [0.15, 0.2) is 64.2 Å². The lowest BCUT2D eigenvalue weighted by Gasteiger charge is -2.09. The highest BCUT2D eigenvalue weighted by Crippen LogP contribution is 2.20. The smallest absolute Gasteiger partial charge is 0.230 e. The highest BCUT2D eigenvalue weighted by Gasteiger charge is 2.13. The molecule has 3 rings (SSSR count). The summed E-state index contributed by atoms with van der Waals surface area (Å²) >= 11 is 4.79. The molecule has 6 nitrogen and oxygen atoms in total. The third-order valence-electron chi connectivity index (χ3n) is 4.20. The van der Waals surface area contributed by atoms with Crippen LogP contribution in [0.4, 0.5) is 0 Å². The van der Waals surface area contributed by atoms with Crippen molar-refractivity contribution in [3.63, 3.8) is 0 Å². The van der Waals surface area contributed by atoms with E-state index in [2.05, 4.69) is 43.6 Å². The van der Waals surface area contributed by atoms with Gasteiger partial charge in [-0.05, 0) is 43.2 Å². The van der Waals surface area contributed by atoms with E-state index in [1.165, 1.54) is 17.3 Å². The molecule has 0 fully saturated rings. The average molecular weight is 475 g/mol. The van der Waals surface area contributed by atoms with Gasteiger partial charge in [0.05, 0.1) is 5.75 Å². The zero-order chi connectivity index (χ0) is 20.5. The fourth-order valence-electron chi connectivity index (χ4n) is 2.70. The summed E-state index contributed by atoms with van der Waals surface area (Å²) in [7, 11) is 0. The van der Waals surface area contributed by atoms with Gasteiger partial charge in [-0.1, -0.05) is 58.0 Å². The molecule has 0 spiro atoms. The first-order valence-corrected chi connectivity index (χ1v) is 11.2. The lowest BCUT2D eigenvalue weighted by atomic mass is 10.1. The summed E-state index contributed by atoms with van der Waals surface area (Å²) in [5.41, 5.74) is 1.21. The molecule has 0 aliphatic rings. The second-order valence-electron chi connectivity index (χ2n) is 6.26. The number of thioether (sulfide) groups is 1.